The number of nitrogens with one attached hydrogen (secondary N) is 1. The predicted molar refractivity (Wildman–Crippen MR) is 97.2 cm³/mol. The highest BCUT2D eigenvalue weighted by molar-refractivity contribution is 5.79. The summed E-state index contributed by atoms with van der Waals surface area (Å²) in [5, 5.41) is 2.77. The minimum Gasteiger partial charge on any atom is -0.406 e. The van der Waals surface area contributed by atoms with E-state index in [0.29, 0.717) is 5.56 Å². The van der Waals surface area contributed by atoms with Crippen molar-refractivity contribution in [3.05, 3.63) is 65.7 Å². The molecule has 0 spiro atoms. The number of alkyl halides is 3. The van der Waals surface area contributed by atoms with Crippen molar-refractivity contribution in [3.63, 3.8) is 0 Å². The molecule has 2 rings (SSSR count). The first-order valence-electron chi connectivity index (χ1n) is 8.55. The molecular weight excluding hydrogens is 373 g/mol. The van der Waals surface area contributed by atoms with Crippen LogP contribution in [0.15, 0.2) is 54.6 Å². The van der Waals surface area contributed by atoms with Crippen molar-refractivity contribution in [1.29, 1.82) is 0 Å². The maximum Gasteiger partial charge on any atom is 0.573 e. The molecule has 1 unspecified atom stereocenters. The van der Waals surface area contributed by atoms with Crippen molar-refractivity contribution in [2.75, 3.05) is 7.05 Å². The van der Waals surface area contributed by atoms with E-state index in [2.05, 4.69) is 10.1 Å². The van der Waals surface area contributed by atoms with E-state index >= 15 is 0 Å². The van der Waals surface area contributed by atoms with E-state index in [-0.39, 0.29) is 30.5 Å². The van der Waals surface area contributed by atoms with Crippen LogP contribution in [0.4, 0.5) is 13.2 Å². The second kappa shape index (κ2) is 9.25. The average Bonchev–Trinajstić information content (AvgIpc) is 2.62. The third-order valence-corrected chi connectivity index (χ3v) is 3.96. The van der Waals surface area contributed by atoms with Crippen LogP contribution >= 0.6 is 0 Å². The topological polar surface area (TPSA) is 58.6 Å². The lowest BCUT2D eigenvalue weighted by molar-refractivity contribution is -0.274. The van der Waals surface area contributed by atoms with Crippen LogP contribution in [0.25, 0.3) is 0 Å². The van der Waals surface area contributed by atoms with Gasteiger partial charge in [0, 0.05) is 20.5 Å². The van der Waals surface area contributed by atoms with E-state index in [1.807, 2.05) is 30.3 Å². The van der Waals surface area contributed by atoms with Gasteiger partial charge in [-0.25, -0.2) is 0 Å². The highest BCUT2D eigenvalue weighted by Gasteiger charge is 2.31. The molecule has 8 heteroatoms. The number of rotatable bonds is 7. The highest BCUT2D eigenvalue weighted by atomic mass is 19.4. The molecule has 0 aliphatic carbocycles. The van der Waals surface area contributed by atoms with E-state index in [1.165, 1.54) is 36.1 Å². The molecule has 5 nitrogen and oxygen atoms in total. The van der Waals surface area contributed by atoms with Crippen LogP contribution in [0.5, 0.6) is 5.75 Å². The standard InChI is InChI=1S/C20H21F3N2O3/c1-14(26)24-18(16-6-4-3-5-7-16)12-19(27)25(2)13-15-8-10-17(11-9-15)28-20(21,22)23/h3-11,18H,12-13H2,1-2H3,(H,24,26). The Bertz CT molecular complexity index is 793. The van der Waals surface area contributed by atoms with E-state index in [1.54, 1.807) is 7.05 Å². The summed E-state index contributed by atoms with van der Waals surface area (Å²) < 4.78 is 40.4. The van der Waals surface area contributed by atoms with Crippen LogP contribution in [0.2, 0.25) is 0 Å². The molecule has 2 aromatic rings. The number of carbonyl (C=O) groups excluding carboxylic acids is 2. The Morgan fingerprint density at radius 2 is 1.68 bits per heavy atom. The first-order chi connectivity index (χ1) is 13.1. The first kappa shape index (κ1) is 21.3. The number of hydrogen-bond acceptors (Lipinski definition) is 3. The number of amides is 2. The van der Waals surface area contributed by atoms with Crippen molar-refractivity contribution in [1.82, 2.24) is 10.2 Å². The molecule has 0 aliphatic rings. The van der Waals surface area contributed by atoms with Gasteiger partial charge >= 0.3 is 6.36 Å². The van der Waals surface area contributed by atoms with Gasteiger partial charge in [-0.1, -0.05) is 42.5 Å². The molecule has 2 amide bonds. The zero-order chi connectivity index (χ0) is 20.7. The highest BCUT2D eigenvalue weighted by Crippen LogP contribution is 2.23. The maximum absolute atomic E-state index is 12.6. The third kappa shape index (κ3) is 6.94. The fourth-order valence-corrected chi connectivity index (χ4v) is 2.67. The second-order valence-electron chi connectivity index (χ2n) is 6.31. The molecule has 1 N–H and O–H groups in total. The van der Waals surface area contributed by atoms with Gasteiger partial charge in [-0.05, 0) is 23.3 Å². The largest absolute Gasteiger partial charge is 0.573 e. The Morgan fingerprint density at radius 3 is 2.21 bits per heavy atom. The van der Waals surface area contributed by atoms with Crippen LogP contribution < -0.4 is 10.1 Å². The average molecular weight is 394 g/mol. The van der Waals surface area contributed by atoms with Gasteiger partial charge in [0.2, 0.25) is 11.8 Å². The summed E-state index contributed by atoms with van der Waals surface area (Å²) in [7, 11) is 1.60. The SMILES string of the molecule is CC(=O)NC(CC(=O)N(C)Cc1ccc(OC(F)(F)F)cc1)c1ccccc1. The minimum atomic E-state index is -4.75. The number of nitrogens with zero attached hydrogens (tertiary/aromatic N) is 1. The molecule has 0 aromatic heterocycles. The molecule has 0 saturated carbocycles. The van der Waals surface area contributed by atoms with Gasteiger partial charge in [0.05, 0.1) is 12.5 Å². The lowest BCUT2D eigenvalue weighted by atomic mass is 10.0. The zero-order valence-corrected chi connectivity index (χ0v) is 15.5. The molecule has 0 radical (unpaired) electrons. The van der Waals surface area contributed by atoms with Gasteiger partial charge in [0.1, 0.15) is 5.75 Å². The van der Waals surface area contributed by atoms with Gasteiger partial charge in [0.15, 0.2) is 0 Å². The van der Waals surface area contributed by atoms with Crippen molar-refractivity contribution in [2.24, 2.45) is 0 Å². The Kier molecular flexibility index (Phi) is 7.03. The summed E-state index contributed by atoms with van der Waals surface area (Å²) >= 11 is 0. The first-order valence-corrected chi connectivity index (χ1v) is 8.55. The van der Waals surface area contributed by atoms with Crippen molar-refractivity contribution in [2.45, 2.75) is 32.3 Å². The lowest BCUT2D eigenvalue weighted by Gasteiger charge is -2.23. The van der Waals surface area contributed by atoms with Crippen LogP contribution in [0.1, 0.15) is 30.5 Å². The number of carbonyl (C=O) groups is 2. The van der Waals surface area contributed by atoms with Crippen molar-refractivity contribution < 1.29 is 27.5 Å². The summed E-state index contributed by atoms with van der Waals surface area (Å²) in [4.78, 5) is 25.5. The van der Waals surface area contributed by atoms with E-state index in [4.69, 9.17) is 0 Å². The number of ether oxygens (including phenoxy) is 1. The summed E-state index contributed by atoms with van der Waals surface area (Å²) in [5.41, 5.74) is 1.47. The predicted octanol–water partition coefficient (Wildman–Crippen LogP) is 3.81. The van der Waals surface area contributed by atoms with E-state index < -0.39 is 12.4 Å². The van der Waals surface area contributed by atoms with Gasteiger partial charge in [-0.3, -0.25) is 9.59 Å². The van der Waals surface area contributed by atoms with Gasteiger partial charge in [0.25, 0.3) is 0 Å². The Hall–Kier alpha value is -3.03. The zero-order valence-electron chi connectivity index (χ0n) is 15.5. The van der Waals surface area contributed by atoms with Gasteiger partial charge in [-0.15, -0.1) is 13.2 Å². The molecule has 0 bridgehead atoms. The Morgan fingerprint density at radius 1 is 1.07 bits per heavy atom. The monoisotopic (exact) mass is 394 g/mol. The minimum absolute atomic E-state index is 0.0648. The van der Waals surface area contributed by atoms with Crippen LogP contribution in [0.3, 0.4) is 0 Å². The molecule has 0 saturated heterocycles. The van der Waals surface area contributed by atoms with Crippen molar-refractivity contribution >= 4 is 11.8 Å². The summed E-state index contributed by atoms with van der Waals surface area (Å²) in [5.74, 6) is -0.775. The third-order valence-electron chi connectivity index (χ3n) is 3.96. The Balaban J connectivity index is 1.99. The fourth-order valence-electron chi connectivity index (χ4n) is 2.67. The van der Waals surface area contributed by atoms with Crippen molar-refractivity contribution in [3.8, 4) is 5.75 Å². The number of benzene rings is 2. The molecule has 28 heavy (non-hydrogen) atoms. The smallest absolute Gasteiger partial charge is 0.406 e. The van der Waals surface area contributed by atoms with E-state index in [9.17, 15) is 22.8 Å². The van der Waals surface area contributed by atoms with E-state index in [0.717, 1.165) is 5.56 Å². The normalized spacial score (nSPS) is 12.2. The number of hydrogen-bond donors (Lipinski definition) is 1. The molecule has 0 fully saturated rings. The van der Waals surface area contributed by atoms with Crippen LogP contribution in [-0.4, -0.2) is 30.1 Å². The Labute approximate surface area is 161 Å². The molecule has 1 atom stereocenters. The molecule has 0 heterocycles. The molecule has 150 valence electrons. The lowest BCUT2D eigenvalue weighted by Crippen LogP contribution is -2.33. The fraction of sp³-hybridized carbons (Fsp3) is 0.300. The molecule has 0 aliphatic heterocycles. The quantitative estimate of drug-likeness (QED) is 0.777. The van der Waals surface area contributed by atoms with Gasteiger partial charge < -0.3 is 15.0 Å². The summed E-state index contributed by atoms with van der Waals surface area (Å²) in [6, 6.07) is 14.0. The van der Waals surface area contributed by atoms with Gasteiger partial charge in [-0.2, -0.15) is 0 Å². The maximum atomic E-state index is 12.6. The van der Waals surface area contributed by atoms with Crippen LogP contribution in [-0.2, 0) is 16.1 Å². The second-order valence-corrected chi connectivity index (χ2v) is 6.31. The molecular formula is C20H21F3N2O3. The summed E-state index contributed by atoms with van der Waals surface area (Å²) in [6.45, 7) is 1.60. The number of halogens is 3. The molecule has 2 aromatic carbocycles. The summed E-state index contributed by atoms with van der Waals surface area (Å²) in [6.07, 6.45) is -4.68. The van der Waals surface area contributed by atoms with Crippen LogP contribution in [0, 0.1) is 0 Å².